The third-order valence-corrected chi connectivity index (χ3v) is 3.36. The van der Waals surface area contributed by atoms with Crippen molar-refractivity contribution in [3.8, 4) is 17.0 Å². The Morgan fingerprint density at radius 1 is 1.37 bits per heavy atom. The first kappa shape index (κ1) is 13.7. The number of methoxy groups -OCH3 is 1. The average molecular weight is 280 g/mol. The summed E-state index contributed by atoms with van der Waals surface area (Å²) in [5.74, 6) is 1.68. The highest BCUT2D eigenvalue weighted by Crippen LogP contribution is 2.38. The van der Waals surface area contributed by atoms with E-state index in [1.165, 1.54) is 0 Å². The Balaban J connectivity index is 2.71. The number of nitrogen functional groups attached to an aromatic ring is 1. The SMILES string of the molecule is COc1ccc(Cl)cc1-c1nn(C)c(N)c1C(C)C. The largest absolute Gasteiger partial charge is 0.496 e. The van der Waals surface area contributed by atoms with Crippen molar-refractivity contribution >= 4 is 17.4 Å². The van der Waals surface area contributed by atoms with Crippen LogP contribution >= 0.6 is 11.6 Å². The molecule has 0 saturated carbocycles. The molecule has 5 heteroatoms. The van der Waals surface area contributed by atoms with E-state index in [1.54, 1.807) is 17.9 Å². The summed E-state index contributed by atoms with van der Waals surface area (Å²) in [4.78, 5) is 0. The molecule has 0 spiro atoms. The molecule has 0 bridgehead atoms. The standard InChI is InChI=1S/C14H18ClN3O/c1-8(2)12-13(17-18(3)14(12)16)10-7-9(15)5-6-11(10)19-4/h5-8H,16H2,1-4H3. The Morgan fingerprint density at radius 2 is 2.05 bits per heavy atom. The van der Waals surface area contributed by atoms with Gasteiger partial charge in [-0.2, -0.15) is 5.10 Å². The molecule has 0 saturated heterocycles. The summed E-state index contributed by atoms with van der Waals surface area (Å²) in [6.45, 7) is 4.18. The maximum absolute atomic E-state index is 6.10. The van der Waals surface area contributed by atoms with Gasteiger partial charge in [-0.15, -0.1) is 0 Å². The third kappa shape index (κ3) is 2.40. The molecule has 2 N–H and O–H groups in total. The van der Waals surface area contributed by atoms with Crippen LogP contribution in [0.3, 0.4) is 0 Å². The number of hydrogen-bond acceptors (Lipinski definition) is 3. The lowest BCUT2D eigenvalue weighted by atomic mass is 9.98. The third-order valence-electron chi connectivity index (χ3n) is 3.12. The zero-order valence-electron chi connectivity index (χ0n) is 11.6. The molecule has 0 aliphatic rings. The summed E-state index contributed by atoms with van der Waals surface area (Å²) >= 11 is 6.08. The van der Waals surface area contributed by atoms with E-state index in [0.717, 1.165) is 22.6 Å². The molecule has 0 aliphatic heterocycles. The van der Waals surface area contributed by atoms with Crippen LogP contribution < -0.4 is 10.5 Å². The number of anilines is 1. The van der Waals surface area contributed by atoms with Gasteiger partial charge in [-0.1, -0.05) is 25.4 Å². The van der Waals surface area contributed by atoms with Gasteiger partial charge in [0, 0.05) is 23.2 Å². The van der Waals surface area contributed by atoms with Crippen molar-refractivity contribution in [2.75, 3.05) is 12.8 Å². The molecule has 0 fully saturated rings. The van der Waals surface area contributed by atoms with Crippen LogP contribution in [0.1, 0.15) is 25.3 Å². The molecule has 4 nitrogen and oxygen atoms in total. The van der Waals surface area contributed by atoms with Crippen LogP contribution in [0.5, 0.6) is 5.75 Å². The van der Waals surface area contributed by atoms with E-state index in [-0.39, 0.29) is 5.92 Å². The lowest BCUT2D eigenvalue weighted by molar-refractivity contribution is 0.416. The van der Waals surface area contributed by atoms with E-state index in [1.807, 2.05) is 19.2 Å². The van der Waals surface area contributed by atoms with E-state index in [9.17, 15) is 0 Å². The van der Waals surface area contributed by atoms with Crippen molar-refractivity contribution in [3.05, 3.63) is 28.8 Å². The maximum Gasteiger partial charge on any atom is 0.128 e. The number of ether oxygens (including phenoxy) is 1. The van der Waals surface area contributed by atoms with Crippen molar-refractivity contribution in [3.63, 3.8) is 0 Å². The molecule has 0 aliphatic carbocycles. The number of nitrogens with two attached hydrogens (primary N) is 1. The molecule has 19 heavy (non-hydrogen) atoms. The summed E-state index contributed by atoms with van der Waals surface area (Å²) < 4.78 is 7.08. The summed E-state index contributed by atoms with van der Waals surface area (Å²) in [7, 11) is 3.47. The second kappa shape index (κ2) is 5.13. The zero-order valence-corrected chi connectivity index (χ0v) is 12.3. The molecule has 1 heterocycles. The minimum absolute atomic E-state index is 0.271. The Bertz CT molecular complexity index is 605. The molecule has 102 valence electrons. The minimum Gasteiger partial charge on any atom is -0.496 e. The van der Waals surface area contributed by atoms with Crippen LogP contribution in [0.2, 0.25) is 5.02 Å². The van der Waals surface area contributed by atoms with Gasteiger partial charge in [0.1, 0.15) is 17.3 Å². The quantitative estimate of drug-likeness (QED) is 0.936. The van der Waals surface area contributed by atoms with E-state index < -0.39 is 0 Å². The molecule has 0 unspecified atom stereocenters. The van der Waals surface area contributed by atoms with Crippen LogP contribution in [-0.2, 0) is 7.05 Å². The number of benzene rings is 1. The average Bonchev–Trinajstić information content (AvgIpc) is 2.65. The van der Waals surface area contributed by atoms with Gasteiger partial charge in [0.15, 0.2) is 0 Å². The molecule has 0 radical (unpaired) electrons. The predicted octanol–water partition coefficient (Wildman–Crippen LogP) is 3.45. The monoisotopic (exact) mass is 279 g/mol. The van der Waals surface area contributed by atoms with E-state index in [2.05, 4.69) is 18.9 Å². The molecular formula is C14H18ClN3O. The minimum atomic E-state index is 0.271. The van der Waals surface area contributed by atoms with Gasteiger partial charge in [0.2, 0.25) is 0 Å². The van der Waals surface area contributed by atoms with Gasteiger partial charge in [-0.25, -0.2) is 0 Å². The van der Waals surface area contributed by atoms with E-state index in [4.69, 9.17) is 22.1 Å². The molecule has 2 rings (SSSR count). The first-order chi connectivity index (χ1) is 8.95. The normalized spacial score (nSPS) is 11.1. The summed E-state index contributed by atoms with van der Waals surface area (Å²) in [6, 6.07) is 5.49. The van der Waals surface area contributed by atoms with Gasteiger partial charge in [0.25, 0.3) is 0 Å². The lowest BCUT2D eigenvalue weighted by Crippen LogP contribution is -2.00. The molecule has 0 atom stereocenters. The fourth-order valence-corrected chi connectivity index (χ4v) is 2.36. The van der Waals surface area contributed by atoms with Crippen molar-refractivity contribution in [1.29, 1.82) is 0 Å². The van der Waals surface area contributed by atoms with Gasteiger partial charge >= 0.3 is 0 Å². The smallest absolute Gasteiger partial charge is 0.128 e. The highest BCUT2D eigenvalue weighted by molar-refractivity contribution is 6.31. The van der Waals surface area contributed by atoms with E-state index >= 15 is 0 Å². The van der Waals surface area contributed by atoms with Gasteiger partial charge in [0.05, 0.1) is 7.11 Å². The fraction of sp³-hybridized carbons (Fsp3) is 0.357. The summed E-state index contributed by atoms with van der Waals surface area (Å²) in [5, 5.41) is 5.15. The number of hydrogen-bond donors (Lipinski definition) is 1. The Morgan fingerprint density at radius 3 is 2.63 bits per heavy atom. The number of halogens is 1. The topological polar surface area (TPSA) is 53.1 Å². The fourth-order valence-electron chi connectivity index (χ4n) is 2.19. The number of aryl methyl sites for hydroxylation is 1. The highest BCUT2D eigenvalue weighted by Gasteiger charge is 2.21. The van der Waals surface area contributed by atoms with Crippen LogP contribution in [0.25, 0.3) is 11.3 Å². The molecule has 2 aromatic rings. The lowest BCUT2D eigenvalue weighted by Gasteiger charge is -2.11. The van der Waals surface area contributed by atoms with Crippen molar-refractivity contribution in [1.82, 2.24) is 9.78 Å². The Labute approximate surface area is 118 Å². The predicted molar refractivity (Wildman–Crippen MR) is 78.7 cm³/mol. The molecular weight excluding hydrogens is 262 g/mol. The molecule has 1 aromatic carbocycles. The first-order valence-corrected chi connectivity index (χ1v) is 6.49. The Kier molecular flexibility index (Phi) is 3.71. The second-order valence-corrected chi connectivity index (χ2v) is 5.21. The van der Waals surface area contributed by atoms with Crippen molar-refractivity contribution in [2.45, 2.75) is 19.8 Å². The highest BCUT2D eigenvalue weighted by atomic mass is 35.5. The summed E-state index contributed by atoms with van der Waals surface area (Å²) in [5.41, 5.74) is 8.81. The van der Waals surface area contributed by atoms with Gasteiger partial charge in [-0.05, 0) is 24.1 Å². The number of nitrogens with zero attached hydrogens (tertiary/aromatic N) is 2. The van der Waals surface area contributed by atoms with Crippen LogP contribution in [0, 0.1) is 0 Å². The maximum atomic E-state index is 6.10. The van der Waals surface area contributed by atoms with Crippen LogP contribution in [-0.4, -0.2) is 16.9 Å². The summed E-state index contributed by atoms with van der Waals surface area (Å²) in [6.07, 6.45) is 0. The molecule has 1 aromatic heterocycles. The van der Waals surface area contributed by atoms with Gasteiger partial charge < -0.3 is 10.5 Å². The van der Waals surface area contributed by atoms with Crippen LogP contribution in [0.4, 0.5) is 5.82 Å². The van der Waals surface area contributed by atoms with Crippen LogP contribution in [0.15, 0.2) is 18.2 Å². The van der Waals surface area contributed by atoms with Crippen molar-refractivity contribution in [2.24, 2.45) is 7.05 Å². The van der Waals surface area contributed by atoms with Gasteiger partial charge in [-0.3, -0.25) is 4.68 Å². The molecule has 0 amide bonds. The number of rotatable bonds is 3. The van der Waals surface area contributed by atoms with E-state index in [0.29, 0.717) is 10.8 Å². The zero-order chi connectivity index (χ0) is 14.2. The first-order valence-electron chi connectivity index (χ1n) is 6.12. The van der Waals surface area contributed by atoms with Crippen molar-refractivity contribution < 1.29 is 4.74 Å². The Hall–Kier alpha value is -1.68. The number of aromatic nitrogens is 2. The second-order valence-electron chi connectivity index (χ2n) is 4.77.